The number of ketones is 2. The second-order valence-corrected chi connectivity index (χ2v) is 12.2. The lowest BCUT2D eigenvalue weighted by Gasteiger charge is -2.58. The molecule has 0 radical (unpaired) electrons. The van der Waals surface area contributed by atoms with Crippen LogP contribution >= 0.6 is 0 Å². The molecule has 6 atom stereocenters. The van der Waals surface area contributed by atoms with Gasteiger partial charge in [0.1, 0.15) is 0 Å². The fraction of sp³-hybridized carbons (Fsp3) is 0.613. The van der Waals surface area contributed by atoms with Gasteiger partial charge in [0.05, 0.1) is 0 Å². The molecule has 37 heavy (non-hydrogen) atoms. The van der Waals surface area contributed by atoms with E-state index >= 15 is 0 Å². The highest BCUT2D eigenvalue weighted by molar-refractivity contribution is 5.92. The molecule has 5 rings (SSSR count). The molecule has 0 aromatic carbocycles. The summed E-state index contributed by atoms with van der Waals surface area (Å²) in [6, 6.07) is 3.94. The lowest BCUT2D eigenvalue weighted by Crippen LogP contribution is -2.58. The summed E-state index contributed by atoms with van der Waals surface area (Å²) in [6.07, 6.45) is 12.8. The Labute approximate surface area is 221 Å². The van der Waals surface area contributed by atoms with Crippen molar-refractivity contribution in [1.29, 1.82) is 0 Å². The van der Waals surface area contributed by atoms with Gasteiger partial charge >= 0.3 is 5.97 Å². The van der Waals surface area contributed by atoms with Crippen molar-refractivity contribution in [3.63, 3.8) is 0 Å². The predicted molar refractivity (Wildman–Crippen MR) is 145 cm³/mol. The third-order valence-electron chi connectivity index (χ3n) is 10.0. The number of carbonyl (C=O) groups excluding carboxylic acids is 3. The molecular formula is C31H42N2O4. The van der Waals surface area contributed by atoms with Crippen LogP contribution in [0.2, 0.25) is 0 Å². The third kappa shape index (κ3) is 4.46. The molecule has 1 aromatic heterocycles. The summed E-state index contributed by atoms with van der Waals surface area (Å²) in [4.78, 5) is 42.7. The van der Waals surface area contributed by atoms with Crippen LogP contribution in [0.3, 0.4) is 0 Å². The topological polar surface area (TPSA) is 76.6 Å². The highest BCUT2D eigenvalue weighted by Gasteiger charge is 2.67. The zero-order valence-electron chi connectivity index (χ0n) is 23.5. The normalized spacial score (nSPS) is 36.0. The first-order valence-corrected chi connectivity index (χ1v) is 13.6. The molecule has 4 aliphatic rings. The number of Topliss-reactive ketones (excluding diaryl/α,β-unsaturated/α-hetero) is 1. The number of anilines is 1. The van der Waals surface area contributed by atoms with Gasteiger partial charge in [-0.2, -0.15) is 0 Å². The van der Waals surface area contributed by atoms with Gasteiger partial charge in [-0.15, -0.1) is 0 Å². The van der Waals surface area contributed by atoms with Crippen molar-refractivity contribution in [3.8, 4) is 0 Å². The zero-order valence-corrected chi connectivity index (χ0v) is 23.5. The standard InChI is InChI=1S/C24H32O4.C7H10N2/c1-14-12-18-19(22(4)9-6-17(27)13-21(14)22)7-10-23(5)20(18)8-11-24(23,15(2)25)28-16(3)26;1-9(2)7-3-5-8-6-4-7/h12-13,18-20H,6-11H2,1-5H3;3-6H,1-2H3/t18-,19+,20+,22-,23+,24+;/m1./s1. The average Bonchev–Trinajstić information content (AvgIpc) is 3.14. The van der Waals surface area contributed by atoms with Gasteiger partial charge < -0.3 is 9.64 Å². The zero-order chi connectivity index (χ0) is 27.2. The Balaban J connectivity index is 0.000000301. The highest BCUT2D eigenvalue weighted by Crippen LogP contribution is 2.67. The fourth-order valence-electron chi connectivity index (χ4n) is 8.12. The molecule has 0 amide bonds. The Morgan fingerprint density at radius 3 is 2.24 bits per heavy atom. The minimum absolute atomic E-state index is 0.0160. The number of allylic oxidation sites excluding steroid dienone is 4. The van der Waals surface area contributed by atoms with Gasteiger partial charge in [0.15, 0.2) is 17.2 Å². The molecule has 1 heterocycles. The number of rotatable bonds is 3. The van der Waals surface area contributed by atoms with E-state index in [1.54, 1.807) is 19.3 Å². The molecule has 2 fully saturated rings. The number of ether oxygens (including phenoxy) is 1. The number of pyridine rings is 1. The molecule has 0 unspecified atom stereocenters. The maximum Gasteiger partial charge on any atom is 0.303 e. The van der Waals surface area contributed by atoms with E-state index in [0.717, 1.165) is 25.7 Å². The van der Waals surface area contributed by atoms with E-state index in [1.165, 1.54) is 23.8 Å². The fourth-order valence-corrected chi connectivity index (χ4v) is 8.12. The minimum atomic E-state index is -0.990. The first kappa shape index (κ1) is 27.3. The minimum Gasteiger partial charge on any atom is -0.451 e. The molecule has 0 N–H and O–H groups in total. The number of hydrogen-bond acceptors (Lipinski definition) is 6. The van der Waals surface area contributed by atoms with Crippen molar-refractivity contribution in [1.82, 2.24) is 4.98 Å². The van der Waals surface area contributed by atoms with Crippen molar-refractivity contribution in [2.75, 3.05) is 19.0 Å². The third-order valence-corrected chi connectivity index (χ3v) is 10.0. The second kappa shape index (κ2) is 9.85. The van der Waals surface area contributed by atoms with Gasteiger partial charge in [-0.3, -0.25) is 19.4 Å². The summed E-state index contributed by atoms with van der Waals surface area (Å²) in [5.41, 5.74) is 2.34. The smallest absolute Gasteiger partial charge is 0.303 e. The van der Waals surface area contributed by atoms with E-state index < -0.39 is 5.60 Å². The largest absolute Gasteiger partial charge is 0.451 e. The molecule has 6 heteroatoms. The van der Waals surface area contributed by atoms with Crippen molar-refractivity contribution in [3.05, 3.63) is 47.8 Å². The molecule has 2 saturated carbocycles. The van der Waals surface area contributed by atoms with E-state index in [-0.39, 0.29) is 28.4 Å². The summed E-state index contributed by atoms with van der Waals surface area (Å²) >= 11 is 0. The van der Waals surface area contributed by atoms with Gasteiger partial charge in [0.25, 0.3) is 0 Å². The summed E-state index contributed by atoms with van der Waals surface area (Å²) < 4.78 is 5.82. The van der Waals surface area contributed by atoms with Gasteiger partial charge in [0.2, 0.25) is 0 Å². The Bertz CT molecular complexity index is 1140. The van der Waals surface area contributed by atoms with Crippen LogP contribution in [0, 0.1) is 28.6 Å². The quantitative estimate of drug-likeness (QED) is 0.488. The Morgan fingerprint density at radius 1 is 1.03 bits per heavy atom. The molecule has 0 saturated heterocycles. The average molecular weight is 507 g/mol. The van der Waals surface area contributed by atoms with Crippen LogP contribution in [0.5, 0.6) is 0 Å². The lowest BCUT2D eigenvalue weighted by atomic mass is 9.47. The van der Waals surface area contributed by atoms with Crippen LogP contribution in [0.4, 0.5) is 5.69 Å². The summed E-state index contributed by atoms with van der Waals surface area (Å²) in [5, 5.41) is 0. The molecule has 200 valence electrons. The van der Waals surface area contributed by atoms with Crippen LogP contribution in [-0.2, 0) is 19.1 Å². The Hall–Kier alpha value is -2.76. The van der Waals surface area contributed by atoms with Gasteiger partial charge in [0, 0.05) is 50.9 Å². The van der Waals surface area contributed by atoms with E-state index in [2.05, 4.69) is 31.8 Å². The summed E-state index contributed by atoms with van der Waals surface area (Å²) in [6.45, 7) is 9.63. The van der Waals surface area contributed by atoms with Gasteiger partial charge in [-0.25, -0.2) is 0 Å². The van der Waals surface area contributed by atoms with Crippen molar-refractivity contribution < 1.29 is 19.1 Å². The Morgan fingerprint density at radius 2 is 1.68 bits per heavy atom. The monoisotopic (exact) mass is 506 g/mol. The first-order chi connectivity index (χ1) is 17.4. The van der Waals surface area contributed by atoms with Crippen molar-refractivity contribution >= 4 is 23.2 Å². The SMILES string of the molecule is CC(=O)O[C@]1(C(C)=O)CC[C@H]2[C@@H]3C=C(C)C4=CC(=O)CC[C@]4(C)[C@H]3CC[C@@]21C.CN(C)c1ccncc1. The van der Waals surface area contributed by atoms with Crippen LogP contribution in [0.25, 0.3) is 0 Å². The van der Waals surface area contributed by atoms with E-state index in [9.17, 15) is 14.4 Å². The molecule has 1 aromatic rings. The van der Waals surface area contributed by atoms with E-state index in [4.69, 9.17) is 4.74 Å². The summed E-state index contributed by atoms with van der Waals surface area (Å²) in [5.74, 6) is 1.03. The summed E-state index contributed by atoms with van der Waals surface area (Å²) in [7, 11) is 4.02. The maximum absolute atomic E-state index is 12.8. The predicted octanol–water partition coefficient (Wildman–Crippen LogP) is 5.72. The van der Waals surface area contributed by atoms with Crippen LogP contribution in [0.1, 0.15) is 73.1 Å². The lowest BCUT2D eigenvalue weighted by molar-refractivity contribution is -0.185. The van der Waals surface area contributed by atoms with Crippen LogP contribution in [0.15, 0.2) is 47.8 Å². The number of hydrogen-bond donors (Lipinski definition) is 0. The molecule has 0 spiro atoms. The number of nitrogens with zero attached hydrogens (tertiary/aromatic N) is 2. The second-order valence-electron chi connectivity index (χ2n) is 12.2. The number of aromatic nitrogens is 1. The molecular weight excluding hydrogens is 464 g/mol. The number of esters is 1. The van der Waals surface area contributed by atoms with Crippen LogP contribution in [-0.4, -0.2) is 42.2 Å². The molecule has 0 aliphatic heterocycles. The molecule has 4 aliphatic carbocycles. The molecule has 0 bridgehead atoms. The number of carbonyl (C=O) groups is 3. The number of fused-ring (bicyclic) bond motifs is 5. The van der Waals surface area contributed by atoms with E-state index in [1.807, 2.05) is 37.2 Å². The maximum atomic E-state index is 12.8. The highest BCUT2D eigenvalue weighted by atomic mass is 16.6. The van der Waals surface area contributed by atoms with Gasteiger partial charge in [-0.1, -0.05) is 25.5 Å². The van der Waals surface area contributed by atoms with Gasteiger partial charge in [-0.05, 0) is 92.9 Å². The molecule has 6 nitrogen and oxygen atoms in total. The van der Waals surface area contributed by atoms with Crippen molar-refractivity contribution in [2.45, 2.75) is 78.7 Å². The van der Waals surface area contributed by atoms with Crippen molar-refractivity contribution in [2.24, 2.45) is 28.6 Å². The Kier molecular flexibility index (Phi) is 7.26. The van der Waals surface area contributed by atoms with E-state index in [0.29, 0.717) is 30.6 Å². The van der Waals surface area contributed by atoms with Crippen LogP contribution < -0.4 is 4.90 Å². The first-order valence-electron chi connectivity index (χ1n) is 13.6.